The first-order valence-corrected chi connectivity index (χ1v) is 7.39. The first-order chi connectivity index (χ1) is 10.9. The zero-order valence-electron chi connectivity index (χ0n) is 12.1. The summed E-state index contributed by atoms with van der Waals surface area (Å²) in [5, 5.41) is 5.88. The van der Waals surface area contributed by atoms with E-state index in [0.717, 1.165) is 40.0 Å². The third kappa shape index (κ3) is 1.35. The second kappa shape index (κ2) is 4.04. The Morgan fingerprint density at radius 1 is 0.909 bits per heavy atom. The summed E-state index contributed by atoms with van der Waals surface area (Å²) in [7, 11) is 0. The predicted molar refractivity (Wildman–Crippen MR) is 86.1 cm³/mol. The van der Waals surface area contributed by atoms with E-state index in [9.17, 15) is 0 Å². The summed E-state index contributed by atoms with van der Waals surface area (Å²) in [5.74, 6) is 1.54. The number of aromatic nitrogens is 5. The highest BCUT2D eigenvalue weighted by Crippen LogP contribution is 2.29. The van der Waals surface area contributed by atoms with Gasteiger partial charge in [-0.15, -0.1) is 0 Å². The maximum absolute atomic E-state index is 4.83. The van der Waals surface area contributed by atoms with Crippen LogP contribution in [0.3, 0.4) is 0 Å². The van der Waals surface area contributed by atoms with Crippen molar-refractivity contribution in [2.75, 3.05) is 0 Å². The maximum Gasteiger partial charge on any atom is 0.233 e. The van der Waals surface area contributed by atoms with Crippen LogP contribution in [0.5, 0.6) is 0 Å². The molecule has 0 fully saturated rings. The summed E-state index contributed by atoms with van der Waals surface area (Å²) >= 11 is 0. The average molecular weight is 287 g/mol. The molecule has 0 radical (unpaired) electrons. The Balaban J connectivity index is 2.04. The number of hydrogen-bond donors (Lipinski definition) is 0. The second-order valence-corrected chi connectivity index (χ2v) is 5.36. The van der Waals surface area contributed by atoms with E-state index >= 15 is 0 Å². The lowest BCUT2D eigenvalue weighted by molar-refractivity contribution is 0.782. The first kappa shape index (κ1) is 11.7. The summed E-state index contributed by atoms with van der Waals surface area (Å²) in [6.45, 7) is 2.96. The molecule has 0 atom stereocenters. The molecule has 0 N–H and O–H groups in total. The van der Waals surface area contributed by atoms with Gasteiger partial charge < -0.3 is 4.57 Å². The number of aryl methyl sites for hydroxylation is 1. The zero-order chi connectivity index (χ0) is 14.7. The molecule has 2 aliphatic heterocycles. The Morgan fingerprint density at radius 2 is 1.68 bits per heavy atom. The van der Waals surface area contributed by atoms with E-state index in [1.165, 1.54) is 0 Å². The van der Waals surface area contributed by atoms with Crippen molar-refractivity contribution in [2.45, 2.75) is 13.5 Å². The third-order valence-electron chi connectivity index (χ3n) is 4.15. The van der Waals surface area contributed by atoms with Crippen LogP contribution < -0.4 is 0 Å². The van der Waals surface area contributed by atoms with Gasteiger partial charge in [-0.05, 0) is 25.1 Å². The zero-order valence-corrected chi connectivity index (χ0v) is 12.1. The van der Waals surface area contributed by atoms with Crippen LogP contribution >= 0.6 is 0 Å². The van der Waals surface area contributed by atoms with E-state index in [1.807, 2.05) is 40.9 Å². The minimum atomic E-state index is 0.707. The lowest BCUT2D eigenvalue weighted by atomic mass is 10.2. The van der Waals surface area contributed by atoms with Crippen LogP contribution in [0.25, 0.3) is 39.2 Å². The highest BCUT2D eigenvalue weighted by molar-refractivity contribution is 5.94. The molecule has 0 saturated carbocycles. The smallest absolute Gasteiger partial charge is 0.233 e. The van der Waals surface area contributed by atoms with Crippen LogP contribution in [0, 0.1) is 0 Å². The number of rotatable bonds is 1. The van der Waals surface area contributed by atoms with Crippen molar-refractivity contribution in [3.05, 3.63) is 48.5 Å². The molecule has 0 bridgehead atoms. The number of imidazole rings is 1. The largest absolute Gasteiger partial charge is 0.309 e. The van der Waals surface area contributed by atoms with Crippen molar-refractivity contribution in [1.82, 2.24) is 24.1 Å². The van der Waals surface area contributed by atoms with E-state index in [-0.39, 0.29) is 0 Å². The molecule has 1 aromatic heterocycles. The minimum absolute atomic E-state index is 0.707. The van der Waals surface area contributed by atoms with Crippen molar-refractivity contribution >= 4 is 27.7 Å². The van der Waals surface area contributed by atoms with Gasteiger partial charge in [-0.25, -0.2) is 4.98 Å². The van der Waals surface area contributed by atoms with Gasteiger partial charge in [-0.3, -0.25) is 0 Å². The highest BCUT2D eigenvalue weighted by atomic mass is 15.3. The number of para-hydroxylation sites is 3. The van der Waals surface area contributed by atoms with Gasteiger partial charge in [0.2, 0.25) is 5.78 Å². The number of fused-ring (bicyclic) bond motifs is 6. The summed E-state index contributed by atoms with van der Waals surface area (Å²) in [6.07, 6.45) is 0. The first-order valence-electron chi connectivity index (χ1n) is 7.39. The molecule has 2 aromatic carbocycles. The summed E-state index contributed by atoms with van der Waals surface area (Å²) in [5.41, 5.74) is 4.01. The lowest BCUT2D eigenvalue weighted by Crippen LogP contribution is -2.03. The number of nitrogens with zero attached hydrogens (tertiary/aromatic N) is 5. The normalized spacial score (nSPS) is 12.0. The molecule has 0 spiro atoms. The predicted octanol–water partition coefficient (Wildman–Crippen LogP) is 3.36. The van der Waals surface area contributed by atoms with Crippen molar-refractivity contribution in [3.8, 4) is 11.5 Å². The summed E-state index contributed by atoms with van der Waals surface area (Å²) in [4.78, 5) is 9.39. The quantitative estimate of drug-likeness (QED) is 0.475. The Kier molecular flexibility index (Phi) is 2.14. The van der Waals surface area contributed by atoms with Crippen LogP contribution in [0.2, 0.25) is 0 Å². The van der Waals surface area contributed by atoms with Crippen LogP contribution in [-0.2, 0) is 6.54 Å². The van der Waals surface area contributed by atoms with Crippen LogP contribution in [0.15, 0.2) is 48.5 Å². The van der Waals surface area contributed by atoms with Crippen molar-refractivity contribution in [2.24, 2.45) is 0 Å². The molecule has 0 unspecified atom stereocenters. The van der Waals surface area contributed by atoms with E-state index in [1.54, 1.807) is 0 Å². The number of benzene rings is 2. The van der Waals surface area contributed by atoms with E-state index in [0.29, 0.717) is 5.82 Å². The molecule has 5 nitrogen and oxygen atoms in total. The van der Waals surface area contributed by atoms with E-state index in [4.69, 9.17) is 10.1 Å². The van der Waals surface area contributed by atoms with Crippen LogP contribution in [0.4, 0.5) is 0 Å². The van der Waals surface area contributed by atoms with Crippen molar-refractivity contribution in [3.63, 3.8) is 0 Å². The van der Waals surface area contributed by atoms with Gasteiger partial charge in [0.1, 0.15) is 5.69 Å². The Bertz CT molecular complexity index is 1120. The van der Waals surface area contributed by atoms with Gasteiger partial charge in [0, 0.05) is 11.9 Å². The molecule has 106 valence electrons. The van der Waals surface area contributed by atoms with Crippen LogP contribution in [0.1, 0.15) is 6.92 Å². The fourth-order valence-electron chi connectivity index (χ4n) is 3.15. The fraction of sp³-hybridized carbons (Fsp3) is 0.118. The second-order valence-electron chi connectivity index (χ2n) is 5.36. The molecule has 5 heteroatoms. The molecule has 2 aliphatic rings. The Hall–Kier alpha value is -2.95. The standard InChI is InChI=1S/C17H13N5/c1-2-21-13-9-5-6-10-14(13)22-17(21)19-16-15(20-22)11-7-3-4-8-12(11)18-16/h3-10H,2H2,1H3. The highest BCUT2D eigenvalue weighted by Gasteiger charge is 2.19. The summed E-state index contributed by atoms with van der Waals surface area (Å²) < 4.78 is 4.09. The topological polar surface area (TPSA) is 48.0 Å². The molecule has 3 aromatic rings. The molecule has 0 saturated heterocycles. The monoisotopic (exact) mass is 287 g/mol. The third-order valence-corrected chi connectivity index (χ3v) is 4.15. The van der Waals surface area contributed by atoms with Gasteiger partial charge in [0.25, 0.3) is 0 Å². The number of hydrogen-bond acceptors (Lipinski definition) is 3. The average Bonchev–Trinajstić information content (AvgIpc) is 3.07. The van der Waals surface area contributed by atoms with Crippen molar-refractivity contribution < 1.29 is 0 Å². The molecule has 0 aliphatic carbocycles. The molecule has 3 heterocycles. The van der Waals surface area contributed by atoms with Crippen LogP contribution in [-0.4, -0.2) is 24.1 Å². The Morgan fingerprint density at radius 3 is 2.55 bits per heavy atom. The minimum Gasteiger partial charge on any atom is -0.309 e. The maximum atomic E-state index is 4.83. The van der Waals surface area contributed by atoms with Gasteiger partial charge in [-0.1, -0.05) is 30.3 Å². The molecular formula is C17H13N5. The SMILES string of the molecule is CCn1c2ccccc2n2nc3c4ccccc4nc-3nc12. The van der Waals surface area contributed by atoms with E-state index < -0.39 is 0 Å². The lowest BCUT2D eigenvalue weighted by Gasteiger charge is -2.02. The molecular weight excluding hydrogens is 274 g/mol. The van der Waals surface area contributed by atoms with Gasteiger partial charge in [0.05, 0.1) is 16.6 Å². The van der Waals surface area contributed by atoms with Gasteiger partial charge in [-0.2, -0.15) is 14.6 Å². The molecule has 5 rings (SSSR count). The van der Waals surface area contributed by atoms with Gasteiger partial charge in [0.15, 0.2) is 5.82 Å². The fourth-order valence-corrected chi connectivity index (χ4v) is 3.15. The van der Waals surface area contributed by atoms with E-state index in [2.05, 4.69) is 28.6 Å². The van der Waals surface area contributed by atoms with Crippen molar-refractivity contribution in [1.29, 1.82) is 0 Å². The Labute approximate surface area is 126 Å². The van der Waals surface area contributed by atoms with Gasteiger partial charge >= 0.3 is 0 Å². The molecule has 22 heavy (non-hydrogen) atoms. The molecule has 0 amide bonds. The summed E-state index contributed by atoms with van der Waals surface area (Å²) in [6, 6.07) is 16.3.